The first-order valence-corrected chi connectivity index (χ1v) is 7.40. The van der Waals surface area contributed by atoms with Crippen molar-refractivity contribution in [2.75, 3.05) is 4.90 Å². The molecule has 1 aliphatic heterocycles. The van der Waals surface area contributed by atoms with Gasteiger partial charge in [-0.15, -0.1) is 0 Å². The topological polar surface area (TPSA) is 63.5 Å². The SMILES string of the molecule is C[C@H]1Cc2ccccc2N1C(=O)/C=C/c1cccc([N+](=O)[O-])c1. The van der Waals surface area contributed by atoms with E-state index in [0.717, 1.165) is 17.7 Å². The largest absolute Gasteiger partial charge is 0.305 e. The van der Waals surface area contributed by atoms with E-state index in [1.165, 1.54) is 18.2 Å². The van der Waals surface area contributed by atoms with E-state index >= 15 is 0 Å². The zero-order valence-electron chi connectivity index (χ0n) is 12.7. The van der Waals surface area contributed by atoms with Crippen LogP contribution in [0, 0.1) is 10.1 Å². The Labute approximate surface area is 134 Å². The van der Waals surface area contributed by atoms with Gasteiger partial charge in [0.05, 0.1) is 4.92 Å². The highest BCUT2D eigenvalue weighted by Crippen LogP contribution is 2.32. The molecule has 5 nitrogen and oxygen atoms in total. The fourth-order valence-electron chi connectivity index (χ4n) is 2.89. The molecule has 5 heteroatoms. The van der Waals surface area contributed by atoms with Crippen LogP contribution in [0.1, 0.15) is 18.1 Å². The molecule has 2 aromatic rings. The van der Waals surface area contributed by atoms with Gasteiger partial charge in [0.2, 0.25) is 0 Å². The summed E-state index contributed by atoms with van der Waals surface area (Å²) in [7, 11) is 0. The minimum Gasteiger partial charge on any atom is -0.305 e. The highest BCUT2D eigenvalue weighted by atomic mass is 16.6. The van der Waals surface area contributed by atoms with Gasteiger partial charge in [-0.3, -0.25) is 14.9 Å². The maximum atomic E-state index is 12.5. The van der Waals surface area contributed by atoms with Gasteiger partial charge < -0.3 is 4.90 Å². The summed E-state index contributed by atoms with van der Waals surface area (Å²) in [5.74, 6) is -0.117. The molecule has 0 radical (unpaired) electrons. The lowest BCUT2D eigenvalue weighted by Gasteiger charge is -2.20. The van der Waals surface area contributed by atoms with Crippen LogP contribution in [0.3, 0.4) is 0 Å². The van der Waals surface area contributed by atoms with E-state index in [1.54, 1.807) is 23.1 Å². The smallest absolute Gasteiger partial charge is 0.270 e. The second-order valence-electron chi connectivity index (χ2n) is 5.58. The Morgan fingerprint density at radius 2 is 2.04 bits per heavy atom. The summed E-state index contributed by atoms with van der Waals surface area (Å²) in [5, 5.41) is 10.8. The molecule has 0 spiro atoms. The highest BCUT2D eigenvalue weighted by molar-refractivity contribution is 6.05. The van der Waals surface area contributed by atoms with Gasteiger partial charge in [0.15, 0.2) is 0 Å². The first kappa shape index (κ1) is 15.0. The molecule has 2 aromatic carbocycles. The Balaban J connectivity index is 1.82. The predicted molar refractivity (Wildman–Crippen MR) is 89.2 cm³/mol. The third kappa shape index (κ3) is 2.99. The summed E-state index contributed by atoms with van der Waals surface area (Å²) in [6.07, 6.45) is 3.92. The van der Waals surface area contributed by atoms with Crippen molar-refractivity contribution in [2.45, 2.75) is 19.4 Å². The molecule has 0 fully saturated rings. The molecule has 0 unspecified atom stereocenters. The number of fused-ring (bicyclic) bond motifs is 1. The standard InChI is InChI=1S/C18H16N2O3/c1-13-11-15-6-2-3-8-17(15)19(13)18(21)10-9-14-5-4-7-16(12-14)20(22)23/h2-10,12-13H,11H2,1H3/b10-9+/t13-/m0/s1. The Morgan fingerprint density at radius 3 is 2.83 bits per heavy atom. The van der Waals surface area contributed by atoms with Gasteiger partial charge in [-0.2, -0.15) is 0 Å². The Hall–Kier alpha value is -2.95. The molecule has 1 aliphatic rings. The van der Waals surface area contributed by atoms with Crippen LogP contribution in [0.25, 0.3) is 6.08 Å². The van der Waals surface area contributed by atoms with Crippen molar-refractivity contribution in [2.24, 2.45) is 0 Å². The van der Waals surface area contributed by atoms with Crippen LogP contribution < -0.4 is 4.90 Å². The molecular formula is C18H16N2O3. The van der Waals surface area contributed by atoms with E-state index in [1.807, 2.05) is 31.2 Å². The lowest BCUT2D eigenvalue weighted by Crippen LogP contribution is -2.34. The summed E-state index contributed by atoms with van der Waals surface area (Å²) in [4.78, 5) is 24.6. The number of carbonyl (C=O) groups excluding carboxylic acids is 1. The summed E-state index contributed by atoms with van der Waals surface area (Å²) < 4.78 is 0. The van der Waals surface area contributed by atoms with Gasteiger partial charge in [-0.25, -0.2) is 0 Å². The van der Waals surface area contributed by atoms with Crippen molar-refractivity contribution in [1.82, 2.24) is 0 Å². The van der Waals surface area contributed by atoms with Crippen LogP contribution in [0.15, 0.2) is 54.6 Å². The molecule has 0 N–H and O–H groups in total. The molecule has 3 rings (SSSR count). The number of nitro groups is 1. The molecule has 23 heavy (non-hydrogen) atoms. The van der Waals surface area contributed by atoms with Crippen molar-refractivity contribution in [3.63, 3.8) is 0 Å². The number of para-hydroxylation sites is 1. The van der Waals surface area contributed by atoms with Gasteiger partial charge in [-0.1, -0.05) is 30.3 Å². The molecular weight excluding hydrogens is 292 g/mol. The van der Waals surface area contributed by atoms with Crippen molar-refractivity contribution in [3.05, 3.63) is 75.8 Å². The van der Waals surface area contributed by atoms with Crippen LogP contribution in [0.5, 0.6) is 0 Å². The number of rotatable bonds is 3. The highest BCUT2D eigenvalue weighted by Gasteiger charge is 2.29. The number of benzene rings is 2. The lowest BCUT2D eigenvalue weighted by atomic mass is 10.1. The van der Waals surface area contributed by atoms with Crippen LogP contribution in [-0.4, -0.2) is 16.9 Å². The van der Waals surface area contributed by atoms with Crippen LogP contribution in [0.2, 0.25) is 0 Å². The maximum Gasteiger partial charge on any atom is 0.270 e. The number of hydrogen-bond donors (Lipinski definition) is 0. The number of nitro benzene ring substituents is 1. The van der Waals surface area contributed by atoms with Crippen LogP contribution >= 0.6 is 0 Å². The number of hydrogen-bond acceptors (Lipinski definition) is 3. The first-order chi connectivity index (χ1) is 11.1. The fraction of sp³-hybridized carbons (Fsp3) is 0.167. The molecule has 0 saturated heterocycles. The van der Waals surface area contributed by atoms with Crippen molar-refractivity contribution >= 4 is 23.4 Å². The van der Waals surface area contributed by atoms with Crippen molar-refractivity contribution in [3.8, 4) is 0 Å². The van der Waals surface area contributed by atoms with Gasteiger partial charge in [-0.05, 0) is 36.6 Å². The predicted octanol–water partition coefficient (Wildman–Crippen LogP) is 3.59. The van der Waals surface area contributed by atoms with Crippen molar-refractivity contribution < 1.29 is 9.72 Å². The first-order valence-electron chi connectivity index (χ1n) is 7.40. The Morgan fingerprint density at radius 1 is 1.26 bits per heavy atom. The maximum absolute atomic E-state index is 12.5. The second-order valence-corrected chi connectivity index (χ2v) is 5.58. The van der Waals surface area contributed by atoms with Crippen LogP contribution in [0.4, 0.5) is 11.4 Å². The zero-order valence-corrected chi connectivity index (χ0v) is 12.7. The fourth-order valence-corrected chi connectivity index (χ4v) is 2.89. The minimum absolute atomic E-state index is 0.0134. The van der Waals surface area contributed by atoms with E-state index in [2.05, 4.69) is 0 Å². The molecule has 1 heterocycles. The molecule has 0 aromatic heterocycles. The Kier molecular flexibility index (Phi) is 3.93. The number of anilines is 1. The van der Waals surface area contributed by atoms with Gasteiger partial charge in [0, 0.05) is 29.9 Å². The number of carbonyl (C=O) groups is 1. The summed E-state index contributed by atoms with van der Waals surface area (Å²) in [6, 6.07) is 14.2. The zero-order chi connectivity index (χ0) is 16.4. The monoisotopic (exact) mass is 308 g/mol. The third-order valence-electron chi connectivity index (χ3n) is 3.94. The number of amides is 1. The van der Waals surface area contributed by atoms with Gasteiger partial charge in [0.25, 0.3) is 11.6 Å². The third-order valence-corrected chi connectivity index (χ3v) is 3.94. The van der Waals surface area contributed by atoms with E-state index < -0.39 is 4.92 Å². The molecule has 116 valence electrons. The molecule has 1 atom stereocenters. The van der Waals surface area contributed by atoms with E-state index in [4.69, 9.17) is 0 Å². The average molecular weight is 308 g/mol. The van der Waals surface area contributed by atoms with E-state index in [0.29, 0.717) is 5.56 Å². The Bertz CT molecular complexity index is 798. The quantitative estimate of drug-likeness (QED) is 0.494. The second kappa shape index (κ2) is 6.04. The normalized spacial score (nSPS) is 16.6. The van der Waals surface area contributed by atoms with E-state index in [9.17, 15) is 14.9 Å². The van der Waals surface area contributed by atoms with E-state index in [-0.39, 0.29) is 17.6 Å². The molecule has 0 aliphatic carbocycles. The molecule has 1 amide bonds. The molecule has 0 bridgehead atoms. The lowest BCUT2D eigenvalue weighted by molar-refractivity contribution is -0.384. The molecule has 0 saturated carbocycles. The van der Waals surface area contributed by atoms with Crippen LogP contribution in [-0.2, 0) is 11.2 Å². The van der Waals surface area contributed by atoms with Gasteiger partial charge >= 0.3 is 0 Å². The number of non-ortho nitro benzene ring substituents is 1. The van der Waals surface area contributed by atoms with Crippen molar-refractivity contribution in [1.29, 1.82) is 0 Å². The number of nitrogens with zero attached hydrogens (tertiary/aromatic N) is 2. The summed E-state index contributed by atoms with van der Waals surface area (Å²) >= 11 is 0. The van der Waals surface area contributed by atoms with Gasteiger partial charge in [0.1, 0.15) is 0 Å². The average Bonchev–Trinajstić information content (AvgIpc) is 2.88. The minimum atomic E-state index is -0.446. The summed E-state index contributed by atoms with van der Waals surface area (Å²) in [6.45, 7) is 2.01. The summed E-state index contributed by atoms with van der Waals surface area (Å²) in [5.41, 5.74) is 2.75.